The van der Waals surface area contributed by atoms with Crippen LogP contribution in [0.2, 0.25) is 0 Å². The van der Waals surface area contributed by atoms with Crippen LogP contribution in [-0.2, 0) is 0 Å². The summed E-state index contributed by atoms with van der Waals surface area (Å²) in [5, 5.41) is 3.81. The van der Waals surface area contributed by atoms with Gasteiger partial charge in [-0.3, -0.25) is 0 Å². The van der Waals surface area contributed by atoms with E-state index >= 15 is 0 Å². The second kappa shape index (κ2) is 5.34. The Labute approximate surface area is 95.0 Å². The Bertz CT molecular complexity index is 170. The minimum absolute atomic E-state index is 0.787. The van der Waals surface area contributed by atoms with Gasteiger partial charge in [0, 0.05) is 6.04 Å². The van der Waals surface area contributed by atoms with Crippen molar-refractivity contribution in [2.45, 2.75) is 64.8 Å². The molecule has 0 amide bonds. The third-order valence-electron chi connectivity index (χ3n) is 4.23. The molecule has 0 bridgehead atoms. The summed E-state index contributed by atoms with van der Waals surface area (Å²) in [7, 11) is 0. The molecule has 0 aliphatic heterocycles. The lowest BCUT2D eigenvalue weighted by atomic mass is 9.97. The molecule has 1 atom stereocenters. The summed E-state index contributed by atoms with van der Waals surface area (Å²) in [6.45, 7) is 5.92. The van der Waals surface area contributed by atoms with Crippen molar-refractivity contribution >= 4 is 0 Å². The quantitative estimate of drug-likeness (QED) is 0.644. The third-order valence-corrected chi connectivity index (χ3v) is 4.23. The van der Waals surface area contributed by atoms with E-state index in [9.17, 15) is 0 Å². The van der Waals surface area contributed by atoms with Gasteiger partial charge >= 0.3 is 0 Å². The highest BCUT2D eigenvalue weighted by Crippen LogP contribution is 2.48. The highest BCUT2D eigenvalue weighted by atomic mass is 14.9. The summed E-state index contributed by atoms with van der Waals surface area (Å²) in [6.07, 6.45) is 10.1. The van der Waals surface area contributed by atoms with Gasteiger partial charge < -0.3 is 5.32 Å². The van der Waals surface area contributed by atoms with Gasteiger partial charge in [-0.05, 0) is 62.8 Å². The zero-order chi connectivity index (χ0) is 10.7. The monoisotopic (exact) mass is 209 g/mol. The summed E-state index contributed by atoms with van der Waals surface area (Å²) >= 11 is 0. The van der Waals surface area contributed by atoms with Crippen molar-refractivity contribution in [1.82, 2.24) is 5.32 Å². The molecular formula is C14H27N. The molecule has 0 radical (unpaired) electrons. The van der Waals surface area contributed by atoms with Gasteiger partial charge in [0.25, 0.3) is 0 Å². The summed E-state index contributed by atoms with van der Waals surface area (Å²) in [5.74, 6) is 3.24. The average Bonchev–Trinajstić information content (AvgIpc) is 3.09. The molecule has 1 unspecified atom stereocenters. The molecule has 2 aliphatic carbocycles. The Balaban J connectivity index is 1.69. The highest BCUT2D eigenvalue weighted by molar-refractivity contribution is 4.92. The van der Waals surface area contributed by atoms with E-state index in [1.807, 2.05) is 0 Å². The van der Waals surface area contributed by atoms with Gasteiger partial charge in [-0.2, -0.15) is 0 Å². The molecule has 2 saturated carbocycles. The lowest BCUT2D eigenvalue weighted by molar-refractivity contribution is 0.342. The summed E-state index contributed by atoms with van der Waals surface area (Å²) in [4.78, 5) is 0. The number of rotatable bonds is 8. The molecule has 0 heterocycles. The highest BCUT2D eigenvalue weighted by Gasteiger charge is 2.40. The molecule has 0 aromatic carbocycles. The molecule has 2 fully saturated rings. The summed E-state index contributed by atoms with van der Waals surface area (Å²) < 4.78 is 0. The first-order valence-electron chi connectivity index (χ1n) is 7.08. The van der Waals surface area contributed by atoms with Crippen LogP contribution in [0.15, 0.2) is 0 Å². The van der Waals surface area contributed by atoms with Crippen LogP contribution in [0, 0.1) is 17.8 Å². The lowest BCUT2D eigenvalue weighted by Gasteiger charge is -2.21. The van der Waals surface area contributed by atoms with Crippen molar-refractivity contribution in [3.8, 4) is 0 Å². The Morgan fingerprint density at radius 3 is 2.07 bits per heavy atom. The Hall–Kier alpha value is -0.0400. The smallest absolute Gasteiger partial charge is 0.00644 e. The lowest BCUT2D eigenvalue weighted by Crippen LogP contribution is -2.34. The van der Waals surface area contributed by atoms with Gasteiger partial charge in [-0.1, -0.05) is 20.3 Å². The molecule has 88 valence electrons. The van der Waals surface area contributed by atoms with Crippen LogP contribution >= 0.6 is 0 Å². The van der Waals surface area contributed by atoms with Gasteiger partial charge in [0.2, 0.25) is 0 Å². The van der Waals surface area contributed by atoms with Gasteiger partial charge in [0.05, 0.1) is 0 Å². The maximum Gasteiger partial charge on any atom is 0.00644 e. The molecule has 2 aliphatic rings. The van der Waals surface area contributed by atoms with Gasteiger partial charge in [-0.25, -0.2) is 0 Å². The first-order valence-corrected chi connectivity index (χ1v) is 7.08. The maximum absolute atomic E-state index is 3.81. The van der Waals surface area contributed by atoms with Crippen LogP contribution in [0.5, 0.6) is 0 Å². The van der Waals surface area contributed by atoms with Crippen LogP contribution in [0.4, 0.5) is 0 Å². The molecule has 0 saturated heterocycles. The van der Waals surface area contributed by atoms with Gasteiger partial charge in [0.1, 0.15) is 0 Å². The van der Waals surface area contributed by atoms with E-state index in [1.165, 1.54) is 51.5 Å². The molecule has 1 nitrogen and oxygen atoms in total. The largest absolute Gasteiger partial charge is 0.314 e. The van der Waals surface area contributed by atoms with E-state index in [0.717, 1.165) is 23.8 Å². The van der Waals surface area contributed by atoms with Gasteiger partial charge in [-0.15, -0.1) is 0 Å². The second-order valence-electron chi connectivity index (χ2n) is 5.64. The molecule has 0 aromatic rings. The molecule has 1 N–H and O–H groups in total. The fraction of sp³-hybridized carbons (Fsp3) is 1.00. The molecule has 0 spiro atoms. The van der Waals surface area contributed by atoms with Crippen molar-refractivity contribution in [2.75, 3.05) is 6.54 Å². The summed E-state index contributed by atoms with van der Waals surface area (Å²) in [5.41, 5.74) is 0. The van der Waals surface area contributed by atoms with Crippen molar-refractivity contribution < 1.29 is 0 Å². The van der Waals surface area contributed by atoms with Crippen LogP contribution in [-0.4, -0.2) is 12.6 Å². The Kier molecular flexibility index (Phi) is 4.07. The topological polar surface area (TPSA) is 12.0 Å². The number of hydrogen-bond acceptors (Lipinski definition) is 1. The van der Waals surface area contributed by atoms with Crippen LogP contribution in [0.1, 0.15) is 58.8 Å². The van der Waals surface area contributed by atoms with Crippen molar-refractivity contribution in [3.63, 3.8) is 0 Å². The van der Waals surface area contributed by atoms with E-state index in [-0.39, 0.29) is 0 Å². The molecular weight excluding hydrogens is 182 g/mol. The molecule has 1 heteroatoms. The first kappa shape index (κ1) is 11.4. The van der Waals surface area contributed by atoms with E-state index in [4.69, 9.17) is 0 Å². The van der Waals surface area contributed by atoms with E-state index in [2.05, 4.69) is 19.2 Å². The maximum atomic E-state index is 3.81. The third kappa shape index (κ3) is 3.48. The Morgan fingerprint density at radius 1 is 1.07 bits per heavy atom. The normalized spacial score (nSPS) is 23.4. The molecule has 0 aromatic heterocycles. The van der Waals surface area contributed by atoms with Crippen LogP contribution in [0.25, 0.3) is 0 Å². The standard InChI is InChI=1S/C14H27N/c1-3-5-13(4-2)15-10-14(11-6-7-11)12-8-9-12/h11-15H,3-10H2,1-2H3. The van der Waals surface area contributed by atoms with Crippen molar-refractivity contribution in [2.24, 2.45) is 17.8 Å². The molecule has 2 rings (SSSR count). The predicted octanol–water partition coefficient (Wildman–Crippen LogP) is 3.59. The molecule has 15 heavy (non-hydrogen) atoms. The second-order valence-corrected chi connectivity index (χ2v) is 5.64. The number of nitrogens with one attached hydrogen (secondary N) is 1. The SMILES string of the molecule is CCCC(CC)NCC(C1CC1)C1CC1. The van der Waals surface area contributed by atoms with E-state index in [1.54, 1.807) is 0 Å². The first-order chi connectivity index (χ1) is 7.35. The number of hydrogen-bond donors (Lipinski definition) is 1. The van der Waals surface area contributed by atoms with Crippen molar-refractivity contribution in [1.29, 1.82) is 0 Å². The van der Waals surface area contributed by atoms with Gasteiger partial charge in [0.15, 0.2) is 0 Å². The van der Waals surface area contributed by atoms with Crippen LogP contribution < -0.4 is 5.32 Å². The summed E-state index contributed by atoms with van der Waals surface area (Å²) in [6, 6.07) is 0.787. The zero-order valence-electron chi connectivity index (χ0n) is 10.5. The van der Waals surface area contributed by atoms with E-state index < -0.39 is 0 Å². The fourth-order valence-corrected chi connectivity index (χ4v) is 2.87. The minimum Gasteiger partial charge on any atom is -0.314 e. The van der Waals surface area contributed by atoms with Crippen molar-refractivity contribution in [3.05, 3.63) is 0 Å². The van der Waals surface area contributed by atoms with E-state index in [0.29, 0.717) is 0 Å². The fourth-order valence-electron chi connectivity index (χ4n) is 2.87. The average molecular weight is 209 g/mol. The zero-order valence-corrected chi connectivity index (χ0v) is 10.5. The Morgan fingerprint density at radius 2 is 1.67 bits per heavy atom. The predicted molar refractivity (Wildman–Crippen MR) is 65.9 cm³/mol. The van der Waals surface area contributed by atoms with Crippen LogP contribution in [0.3, 0.4) is 0 Å². The minimum atomic E-state index is 0.787.